The monoisotopic (exact) mass is 518 g/mol. The molecule has 0 radical (unpaired) electrons. The van der Waals surface area contributed by atoms with E-state index in [1.165, 1.54) is 23.5 Å². The molecule has 37 heavy (non-hydrogen) atoms. The lowest BCUT2D eigenvalue weighted by atomic mass is 10.0. The summed E-state index contributed by atoms with van der Waals surface area (Å²) in [7, 11) is 0. The van der Waals surface area contributed by atoms with E-state index in [1.807, 2.05) is 22.4 Å². The summed E-state index contributed by atoms with van der Waals surface area (Å²) in [4.78, 5) is 28.0. The fourth-order valence-electron chi connectivity index (χ4n) is 4.14. The van der Waals surface area contributed by atoms with Crippen LogP contribution in [0.2, 0.25) is 0 Å². The molecule has 0 bridgehead atoms. The molecule has 1 unspecified atom stereocenters. The Morgan fingerprint density at radius 3 is 2.57 bits per heavy atom. The van der Waals surface area contributed by atoms with Gasteiger partial charge in [0.2, 0.25) is 5.95 Å². The van der Waals surface area contributed by atoms with Crippen molar-refractivity contribution in [2.24, 2.45) is 0 Å². The van der Waals surface area contributed by atoms with E-state index in [1.54, 1.807) is 36.5 Å². The van der Waals surface area contributed by atoms with Crippen molar-refractivity contribution in [3.8, 4) is 0 Å². The number of aromatic nitrogens is 3. The molecule has 1 amide bonds. The van der Waals surface area contributed by atoms with Gasteiger partial charge in [0, 0.05) is 54.2 Å². The fraction of sp³-hybridized carbons (Fsp3) is 0.231. The van der Waals surface area contributed by atoms with Crippen LogP contribution in [0.25, 0.3) is 0 Å². The third-order valence-corrected chi connectivity index (χ3v) is 6.85. The molecule has 1 atom stereocenters. The molecule has 1 saturated heterocycles. The average molecular weight is 519 g/mol. The first-order chi connectivity index (χ1) is 18.0. The van der Waals surface area contributed by atoms with Crippen LogP contribution in [0.5, 0.6) is 0 Å². The second-order valence-electron chi connectivity index (χ2n) is 8.74. The van der Waals surface area contributed by atoms with Crippen molar-refractivity contribution in [1.29, 1.82) is 0 Å². The SMILES string of the molecule is Nc1csc(CNC2CCCN(C(=O)c3ccc(Nc4nccc(Nc5ccc(F)cc5)n4)cc3)C2)n1. The number of hydrogen-bond donors (Lipinski definition) is 4. The van der Waals surface area contributed by atoms with E-state index >= 15 is 0 Å². The number of nitrogens with one attached hydrogen (secondary N) is 3. The molecule has 0 spiro atoms. The van der Waals surface area contributed by atoms with Gasteiger partial charge in [-0.2, -0.15) is 4.98 Å². The van der Waals surface area contributed by atoms with Crippen molar-refractivity contribution in [2.45, 2.75) is 25.4 Å². The van der Waals surface area contributed by atoms with Gasteiger partial charge in [0.15, 0.2) is 0 Å². The Morgan fingerprint density at radius 2 is 1.81 bits per heavy atom. The maximum atomic E-state index is 13.1. The number of hydrogen-bond acceptors (Lipinski definition) is 9. The first kappa shape index (κ1) is 24.6. The Bertz CT molecular complexity index is 1350. The smallest absolute Gasteiger partial charge is 0.253 e. The lowest BCUT2D eigenvalue weighted by Crippen LogP contribution is -2.47. The molecule has 5 N–H and O–H groups in total. The molecule has 0 aliphatic carbocycles. The largest absolute Gasteiger partial charge is 0.383 e. The molecular formula is C26H27FN8OS. The van der Waals surface area contributed by atoms with Gasteiger partial charge < -0.3 is 26.6 Å². The minimum absolute atomic E-state index is 0.0123. The van der Waals surface area contributed by atoms with E-state index < -0.39 is 0 Å². The summed E-state index contributed by atoms with van der Waals surface area (Å²) in [6.07, 6.45) is 3.59. The van der Waals surface area contributed by atoms with Crippen LogP contribution < -0.4 is 21.7 Å². The summed E-state index contributed by atoms with van der Waals surface area (Å²) in [5, 5.41) is 12.6. The average Bonchev–Trinajstić information content (AvgIpc) is 3.34. The van der Waals surface area contributed by atoms with Crippen molar-refractivity contribution in [3.63, 3.8) is 0 Å². The number of nitrogens with two attached hydrogens (primary N) is 1. The number of likely N-dealkylation sites (tertiary alicyclic amines) is 1. The number of anilines is 5. The van der Waals surface area contributed by atoms with Gasteiger partial charge in [-0.05, 0) is 67.4 Å². The highest BCUT2D eigenvalue weighted by molar-refractivity contribution is 7.10. The molecule has 1 aliphatic rings. The Labute approximate surface area is 218 Å². The first-order valence-corrected chi connectivity index (χ1v) is 12.8. The highest BCUT2D eigenvalue weighted by atomic mass is 32.1. The van der Waals surface area contributed by atoms with E-state index in [-0.39, 0.29) is 17.8 Å². The molecule has 1 aliphatic heterocycles. The number of piperidine rings is 1. The number of carbonyl (C=O) groups excluding carboxylic acids is 1. The summed E-state index contributed by atoms with van der Waals surface area (Å²) in [6.45, 7) is 2.04. The summed E-state index contributed by atoms with van der Waals surface area (Å²) in [5.74, 6) is 1.23. The Morgan fingerprint density at radius 1 is 1.05 bits per heavy atom. The van der Waals surface area contributed by atoms with Crippen molar-refractivity contribution in [1.82, 2.24) is 25.2 Å². The number of benzene rings is 2. The number of nitrogen functional groups attached to an aromatic ring is 1. The predicted molar refractivity (Wildman–Crippen MR) is 144 cm³/mol. The highest BCUT2D eigenvalue weighted by Crippen LogP contribution is 2.20. The topological polar surface area (TPSA) is 121 Å². The van der Waals surface area contributed by atoms with Crippen molar-refractivity contribution in [3.05, 3.63) is 82.6 Å². The molecule has 5 rings (SSSR count). The van der Waals surface area contributed by atoms with Gasteiger partial charge in [-0.25, -0.2) is 14.4 Å². The van der Waals surface area contributed by atoms with Crippen LogP contribution in [0.1, 0.15) is 28.2 Å². The Balaban J connectivity index is 1.16. The van der Waals surface area contributed by atoms with Crippen LogP contribution in [-0.4, -0.2) is 44.9 Å². The number of nitrogens with zero attached hydrogens (tertiary/aromatic N) is 4. The van der Waals surface area contributed by atoms with Crippen molar-refractivity contribution in [2.75, 3.05) is 29.5 Å². The predicted octanol–water partition coefficient (Wildman–Crippen LogP) is 4.54. The summed E-state index contributed by atoms with van der Waals surface area (Å²) < 4.78 is 13.1. The van der Waals surface area contributed by atoms with Crippen molar-refractivity contribution >= 4 is 46.2 Å². The third-order valence-electron chi connectivity index (χ3n) is 5.98. The van der Waals surface area contributed by atoms with Crippen LogP contribution in [0, 0.1) is 5.82 Å². The van der Waals surface area contributed by atoms with Crippen molar-refractivity contribution < 1.29 is 9.18 Å². The maximum absolute atomic E-state index is 13.1. The quantitative estimate of drug-likeness (QED) is 0.268. The number of halogens is 1. The van der Waals surface area contributed by atoms with E-state index in [2.05, 4.69) is 30.9 Å². The van der Waals surface area contributed by atoms with Crippen LogP contribution in [0.4, 0.5) is 33.3 Å². The van der Waals surface area contributed by atoms with Gasteiger partial charge in [-0.3, -0.25) is 4.79 Å². The molecular weight excluding hydrogens is 491 g/mol. The van der Waals surface area contributed by atoms with Crippen LogP contribution in [-0.2, 0) is 6.54 Å². The molecule has 9 nitrogen and oxygen atoms in total. The van der Waals surface area contributed by atoms with E-state index in [4.69, 9.17) is 5.73 Å². The van der Waals surface area contributed by atoms with Gasteiger partial charge in [-0.15, -0.1) is 11.3 Å². The summed E-state index contributed by atoms with van der Waals surface area (Å²) >= 11 is 1.54. The summed E-state index contributed by atoms with van der Waals surface area (Å²) in [5.41, 5.74) is 7.81. The van der Waals surface area contributed by atoms with Gasteiger partial charge in [0.1, 0.15) is 22.5 Å². The van der Waals surface area contributed by atoms with Gasteiger partial charge in [0.25, 0.3) is 5.91 Å². The number of carbonyl (C=O) groups is 1. The van der Waals surface area contributed by atoms with E-state index in [0.717, 1.165) is 35.8 Å². The zero-order valence-corrected chi connectivity index (χ0v) is 20.8. The van der Waals surface area contributed by atoms with E-state index in [9.17, 15) is 9.18 Å². The van der Waals surface area contributed by atoms with Gasteiger partial charge in [-0.1, -0.05) is 0 Å². The van der Waals surface area contributed by atoms with Crippen LogP contribution in [0.15, 0.2) is 66.2 Å². The molecule has 0 saturated carbocycles. The number of thiazole rings is 1. The minimum atomic E-state index is -0.299. The number of rotatable bonds is 8. The summed E-state index contributed by atoms with van der Waals surface area (Å²) in [6, 6.07) is 15.3. The molecule has 2 aromatic carbocycles. The molecule has 1 fully saturated rings. The highest BCUT2D eigenvalue weighted by Gasteiger charge is 2.24. The second-order valence-corrected chi connectivity index (χ2v) is 9.68. The molecule has 3 heterocycles. The second kappa shape index (κ2) is 11.3. The molecule has 190 valence electrons. The zero-order valence-electron chi connectivity index (χ0n) is 20.0. The van der Waals surface area contributed by atoms with Crippen LogP contribution in [0.3, 0.4) is 0 Å². The minimum Gasteiger partial charge on any atom is -0.383 e. The number of amides is 1. The molecule has 11 heteroatoms. The lowest BCUT2D eigenvalue weighted by Gasteiger charge is -2.33. The first-order valence-electron chi connectivity index (χ1n) is 12.0. The van der Waals surface area contributed by atoms with Gasteiger partial charge in [0.05, 0.1) is 0 Å². The standard InChI is InChI=1S/C26H27FN8OS/c27-18-5-9-19(10-6-18)31-23-11-12-29-26(34-23)32-20-7-3-17(4-8-20)25(36)35-13-1-2-21(15-35)30-14-24-33-22(28)16-37-24/h3-12,16,21,30H,1-2,13-15,28H2,(H2,29,31,32,34). The van der Waals surface area contributed by atoms with Gasteiger partial charge >= 0.3 is 0 Å². The molecule has 2 aromatic heterocycles. The molecule has 4 aromatic rings. The third kappa shape index (κ3) is 6.57. The van der Waals surface area contributed by atoms with E-state index in [0.29, 0.717) is 36.2 Å². The zero-order chi connectivity index (χ0) is 25.6. The lowest BCUT2D eigenvalue weighted by molar-refractivity contribution is 0.0694. The van der Waals surface area contributed by atoms with Crippen LogP contribution >= 0.6 is 11.3 Å². The maximum Gasteiger partial charge on any atom is 0.253 e. The Kier molecular flexibility index (Phi) is 7.52. The Hall–Kier alpha value is -4.09. The normalized spacial score (nSPS) is 15.4. The fourth-order valence-corrected chi connectivity index (χ4v) is 4.78.